The van der Waals surface area contributed by atoms with E-state index in [1.807, 2.05) is 6.08 Å². The molecule has 0 spiro atoms. The van der Waals surface area contributed by atoms with Crippen molar-refractivity contribution in [3.8, 4) is 0 Å². The minimum Gasteiger partial charge on any atom is -0.311 e. The number of rotatable bonds is 16. The maximum atomic E-state index is 4.09. The third-order valence-electron chi connectivity index (χ3n) is 13.9. The molecule has 3 nitrogen and oxygen atoms in total. The molecule has 0 amide bonds. The number of anilines is 9. The fraction of sp³-hybridized carbons (Fsp3) is 0.0571. The molecule has 11 rings (SSSR count). The summed E-state index contributed by atoms with van der Waals surface area (Å²) in [5.74, 6) is 0.272. The lowest BCUT2D eigenvalue weighted by molar-refractivity contribution is 0.716. The highest BCUT2D eigenvalue weighted by atomic mass is 15.2. The molecule has 0 radical (unpaired) electrons. The first-order valence-corrected chi connectivity index (χ1v) is 25.3. The average Bonchev–Trinajstić information content (AvgIpc) is 3.45. The van der Waals surface area contributed by atoms with E-state index < -0.39 is 0 Å². The van der Waals surface area contributed by atoms with Crippen LogP contribution >= 0.6 is 0 Å². The van der Waals surface area contributed by atoms with Crippen LogP contribution in [0.5, 0.6) is 0 Å². The summed E-state index contributed by atoms with van der Waals surface area (Å²) in [5.41, 5.74) is 15.9. The molecular formula is C70H57N3. The van der Waals surface area contributed by atoms with Crippen molar-refractivity contribution in [1.82, 2.24) is 0 Å². The molecule has 1 atom stereocenters. The molecule has 11 aromatic rings. The smallest absolute Gasteiger partial charge is 0.0468 e. The van der Waals surface area contributed by atoms with E-state index in [4.69, 9.17) is 0 Å². The van der Waals surface area contributed by atoms with Crippen LogP contribution < -0.4 is 14.7 Å². The highest BCUT2D eigenvalue weighted by molar-refractivity contribution is 5.90. The second-order valence-electron chi connectivity index (χ2n) is 18.5. The first-order valence-electron chi connectivity index (χ1n) is 25.3. The van der Waals surface area contributed by atoms with Crippen LogP contribution in [0, 0.1) is 0 Å². The van der Waals surface area contributed by atoms with Gasteiger partial charge >= 0.3 is 0 Å². The Kier molecular flexibility index (Phi) is 13.6. The zero-order valence-electron chi connectivity index (χ0n) is 41.2. The molecule has 0 heterocycles. The van der Waals surface area contributed by atoms with Crippen LogP contribution in [0.4, 0.5) is 51.2 Å². The number of hydrogen-bond acceptors (Lipinski definition) is 3. The van der Waals surface area contributed by atoms with Gasteiger partial charge in [-0.05, 0) is 178 Å². The number of fused-ring (bicyclic) bond motifs is 2. The third kappa shape index (κ3) is 10.1. The quantitative estimate of drug-likeness (QED) is 0.0956. The van der Waals surface area contributed by atoms with Gasteiger partial charge in [-0.2, -0.15) is 0 Å². The Morgan fingerprint density at radius 3 is 1.26 bits per heavy atom. The van der Waals surface area contributed by atoms with E-state index in [9.17, 15) is 0 Å². The lowest BCUT2D eigenvalue weighted by atomic mass is 9.85. The molecule has 11 aromatic carbocycles. The minimum absolute atomic E-state index is 0.272. The van der Waals surface area contributed by atoms with Crippen molar-refractivity contribution in [2.75, 3.05) is 14.7 Å². The second-order valence-corrected chi connectivity index (χ2v) is 18.5. The Morgan fingerprint density at radius 1 is 0.342 bits per heavy atom. The van der Waals surface area contributed by atoms with E-state index in [2.05, 4.69) is 307 Å². The van der Waals surface area contributed by atoms with Gasteiger partial charge in [-0.25, -0.2) is 0 Å². The SMILES string of the molecule is C=Cc1ccc(N(c2ccccc2)c2ccc(N(c3ccc(CCC(c4ccccc4)c4ccc5ccccc5c4)cc3)c3ccc(N(c4ccccc4)c4ccc5ccccc5c4)cc3)cc2)cc1/C=C\C. The highest BCUT2D eigenvalue weighted by Crippen LogP contribution is 2.42. The molecule has 352 valence electrons. The molecule has 0 aliphatic heterocycles. The fourth-order valence-electron chi connectivity index (χ4n) is 10.3. The Balaban J connectivity index is 0.958. The molecule has 0 aliphatic carbocycles. The van der Waals surface area contributed by atoms with Crippen LogP contribution in [0.15, 0.2) is 280 Å². The van der Waals surface area contributed by atoms with E-state index in [0.717, 1.165) is 75.2 Å². The number of aryl methyl sites for hydroxylation is 1. The number of benzene rings is 11. The third-order valence-corrected chi connectivity index (χ3v) is 13.9. The highest BCUT2D eigenvalue weighted by Gasteiger charge is 2.20. The molecule has 0 aliphatic rings. The Bertz CT molecular complexity index is 3640. The molecular weight excluding hydrogens is 883 g/mol. The van der Waals surface area contributed by atoms with Crippen molar-refractivity contribution in [1.29, 1.82) is 0 Å². The summed E-state index contributed by atoms with van der Waals surface area (Å²) >= 11 is 0. The van der Waals surface area contributed by atoms with Crippen LogP contribution in [0.25, 0.3) is 33.7 Å². The summed E-state index contributed by atoms with van der Waals surface area (Å²) in [5, 5.41) is 4.98. The Morgan fingerprint density at radius 2 is 0.740 bits per heavy atom. The summed E-state index contributed by atoms with van der Waals surface area (Å²) in [6.45, 7) is 6.14. The van der Waals surface area contributed by atoms with Crippen molar-refractivity contribution in [2.24, 2.45) is 0 Å². The minimum atomic E-state index is 0.272. The van der Waals surface area contributed by atoms with Crippen LogP contribution in [0.2, 0.25) is 0 Å². The van der Waals surface area contributed by atoms with E-state index >= 15 is 0 Å². The molecule has 0 saturated carbocycles. The van der Waals surface area contributed by atoms with Crippen LogP contribution in [-0.2, 0) is 6.42 Å². The number of nitrogens with zero attached hydrogens (tertiary/aromatic N) is 3. The summed E-state index contributed by atoms with van der Waals surface area (Å²) < 4.78 is 0. The Hall–Kier alpha value is -9.18. The molecule has 0 aromatic heterocycles. The fourth-order valence-corrected chi connectivity index (χ4v) is 10.3. The van der Waals surface area contributed by atoms with Gasteiger partial charge in [-0.1, -0.05) is 183 Å². The molecule has 0 fully saturated rings. The second kappa shape index (κ2) is 21.4. The van der Waals surface area contributed by atoms with Gasteiger partial charge in [0, 0.05) is 57.1 Å². The first-order chi connectivity index (χ1) is 36.1. The predicted octanol–water partition coefficient (Wildman–Crippen LogP) is 19.8. The number of para-hydroxylation sites is 2. The van der Waals surface area contributed by atoms with Gasteiger partial charge in [0.2, 0.25) is 0 Å². The standard InChI is InChI=1S/C70H57N3/c1-3-18-57-50-68(38-34-53(57)4-2)72(61-25-10-6-11-26-61)66-44-40-64(41-45-66)71(65-42-46-67(47-43-65)73(62-27-12-7-13-28-62)69-39-35-55-20-15-17-24-59(55)51-69)63-36-29-52(30-37-63)31-48-70(56-21-8-5-9-22-56)60-33-32-54-19-14-16-23-58(54)49-60/h3-30,32-47,49-51,70H,2,31,48H2,1H3/b18-3-. The van der Waals surface area contributed by atoms with Gasteiger partial charge in [-0.15, -0.1) is 0 Å². The maximum absolute atomic E-state index is 4.09. The van der Waals surface area contributed by atoms with E-state index in [0.29, 0.717) is 0 Å². The number of allylic oxidation sites excluding steroid dienone is 1. The van der Waals surface area contributed by atoms with Crippen molar-refractivity contribution in [2.45, 2.75) is 25.7 Å². The topological polar surface area (TPSA) is 9.72 Å². The molecule has 0 bridgehead atoms. The predicted molar refractivity (Wildman–Crippen MR) is 313 cm³/mol. The molecule has 3 heteroatoms. The maximum Gasteiger partial charge on any atom is 0.0468 e. The van der Waals surface area contributed by atoms with Gasteiger partial charge in [0.05, 0.1) is 0 Å². The summed E-state index contributed by atoms with van der Waals surface area (Å²) in [6, 6.07) is 96.9. The van der Waals surface area contributed by atoms with Gasteiger partial charge in [0.1, 0.15) is 0 Å². The Labute approximate surface area is 430 Å². The zero-order chi connectivity index (χ0) is 49.3. The van der Waals surface area contributed by atoms with E-state index in [1.165, 1.54) is 38.2 Å². The average molecular weight is 940 g/mol. The normalized spacial score (nSPS) is 11.7. The molecule has 73 heavy (non-hydrogen) atoms. The largest absolute Gasteiger partial charge is 0.311 e. The van der Waals surface area contributed by atoms with Crippen molar-refractivity contribution in [3.05, 3.63) is 307 Å². The number of hydrogen-bond donors (Lipinski definition) is 0. The van der Waals surface area contributed by atoms with Crippen LogP contribution in [0.1, 0.15) is 47.1 Å². The van der Waals surface area contributed by atoms with Gasteiger partial charge < -0.3 is 14.7 Å². The lowest BCUT2D eigenvalue weighted by Crippen LogP contribution is -2.13. The summed E-state index contributed by atoms with van der Waals surface area (Å²) in [7, 11) is 0. The zero-order valence-corrected chi connectivity index (χ0v) is 41.2. The van der Waals surface area contributed by atoms with E-state index in [1.54, 1.807) is 0 Å². The van der Waals surface area contributed by atoms with Gasteiger partial charge in [0.25, 0.3) is 0 Å². The van der Waals surface area contributed by atoms with Crippen molar-refractivity contribution >= 4 is 84.9 Å². The summed E-state index contributed by atoms with van der Waals surface area (Å²) in [6.07, 6.45) is 8.09. The van der Waals surface area contributed by atoms with E-state index in [-0.39, 0.29) is 5.92 Å². The summed E-state index contributed by atoms with van der Waals surface area (Å²) in [4.78, 5) is 7.04. The lowest BCUT2D eigenvalue weighted by Gasteiger charge is -2.30. The van der Waals surface area contributed by atoms with Gasteiger partial charge in [0.15, 0.2) is 0 Å². The molecule has 1 unspecified atom stereocenters. The monoisotopic (exact) mass is 939 g/mol. The van der Waals surface area contributed by atoms with Crippen molar-refractivity contribution in [3.63, 3.8) is 0 Å². The van der Waals surface area contributed by atoms with Crippen LogP contribution in [0.3, 0.4) is 0 Å². The molecule has 0 N–H and O–H groups in total. The first kappa shape index (κ1) is 46.2. The van der Waals surface area contributed by atoms with Crippen molar-refractivity contribution < 1.29 is 0 Å². The van der Waals surface area contributed by atoms with Crippen LogP contribution in [-0.4, -0.2) is 0 Å². The molecule has 0 saturated heterocycles. The van der Waals surface area contributed by atoms with Gasteiger partial charge in [-0.3, -0.25) is 0 Å².